The van der Waals surface area contributed by atoms with Gasteiger partial charge in [-0.05, 0) is 36.7 Å². The highest BCUT2D eigenvalue weighted by molar-refractivity contribution is 9.09. The van der Waals surface area contributed by atoms with Crippen LogP contribution in [0.3, 0.4) is 0 Å². The first-order valence-corrected chi connectivity index (χ1v) is 6.60. The molecule has 0 bridgehead atoms. The second kappa shape index (κ2) is 3.93. The summed E-state index contributed by atoms with van der Waals surface area (Å²) in [4.78, 5) is 0.648. The molecule has 1 aliphatic rings. The second-order valence-electron chi connectivity index (χ2n) is 5.50. The van der Waals surface area contributed by atoms with E-state index in [0.29, 0.717) is 10.2 Å². The van der Waals surface area contributed by atoms with Crippen LogP contribution in [0.2, 0.25) is 0 Å². The summed E-state index contributed by atoms with van der Waals surface area (Å²) in [7, 11) is 0. The summed E-state index contributed by atoms with van der Waals surface area (Å²) in [5.74, 6) is 0.860. The third-order valence-corrected chi connectivity index (χ3v) is 4.54. The van der Waals surface area contributed by atoms with E-state index < -0.39 is 0 Å². The minimum atomic E-state index is 0.568. The largest absolute Gasteiger partial charge is 0.0884 e. The van der Waals surface area contributed by atoms with E-state index in [1.807, 2.05) is 0 Å². The number of hydrogen-bond acceptors (Lipinski definition) is 0. The molecule has 0 aromatic heterocycles. The maximum atomic E-state index is 3.84. The molecular formula is C14H19Br. The van der Waals surface area contributed by atoms with Crippen LogP contribution in [0.5, 0.6) is 0 Å². The molecule has 0 spiro atoms. The van der Waals surface area contributed by atoms with Crippen molar-refractivity contribution in [1.82, 2.24) is 0 Å². The third kappa shape index (κ3) is 2.63. The smallest absolute Gasteiger partial charge is 0.0219 e. The molecule has 2 rings (SSSR count). The lowest BCUT2D eigenvalue weighted by atomic mass is 10.0. The van der Waals surface area contributed by atoms with Gasteiger partial charge in [0.15, 0.2) is 0 Å². The topological polar surface area (TPSA) is 0 Å². The van der Waals surface area contributed by atoms with Crippen LogP contribution in [-0.4, -0.2) is 4.83 Å². The SMILES string of the molecule is Cc1ccc(CC(Br)C2CC2(C)C)cc1. The molecule has 0 N–H and O–H groups in total. The van der Waals surface area contributed by atoms with E-state index in [4.69, 9.17) is 0 Å². The van der Waals surface area contributed by atoms with E-state index in [0.717, 1.165) is 12.3 Å². The zero-order chi connectivity index (χ0) is 11.1. The summed E-state index contributed by atoms with van der Waals surface area (Å²) in [6.07, 6.45) is 2.53. The monoisotopic (exact) mass is 266 g/mol. The van der Waals surface area contributed by atoms with Crippen molar-refractivity contribution in [3.05, 3.63) is 35.4 Å². The Kier molecular flexibility index (Phi) is 2.94. The van der Waals surface area contributed by atoms with Crippen molar-refractivity contribution in [3.63, 3.8) is 0 Å². The lowest BCUT2D eigenvalue weighted by Gasteiger charge is -2.11. The summed E-state index contributed by atoms with van der Waals surface area (Å²) in [6.45, 7) is 6.86. The Morgan fingerprint density at radius 3 is 2.33 bits per heavy atom. The number of rotatable bonds is 3. The van der Waals surface area contributed by atoms with E-state index in [2.05, 4.69) is 61.0 Å². The summed E-state index contributed by atoms with van der Waals surface area (Å²) < 4.78 is 0. The third-order valence-electron chi connectivity index (χ3n) is 3.58. The molecule has 1 aromatic carbocycles. The lowest BCUT2D eigenvalue weighted by Crippen LogP contribution is -2.09. The van der Waals surface area contributed by atoms with Gasteiger partial charge in [-0.15, -0.1) is 0 Å². The highest BCUT2D eigenvalue weighted by Gasteiger charge is 2.48. The summed E-state index contributed by atoms with van der Waals surface area (Å²) in [5.41, 5.74) is 3.36. The van der Waals surface area contributed by atoms with Gasteiger partial charge < -0.3 is 0 Å². The van der Waals surface area contributed by atoms with Gasteiger partial charge in [0.25, 0.3) is 0 Å². The van der Waals surface area contributed by atoms with Crippen molar-refractivity contribution in [1.29, 1.82) is 0 Å². The fourth-order valence-corrected chi connectivity index (χ4v) is 3.49. The van der Waals surface area contributed by atoms with Gasteiger partial charge in [0.2, 0.25) is 0 Å². The van der Waals surface area contributed by atoms with Crippen LogP contribution in [0.15, 0.2) is 24.3 Å². The van der Waals surface area contributed by atoms with Crippen molar-refractivity contribution in [3.8, 4) is 0 Å². The van der Waals surface area contributed by atoms with Gasteiger partial charge in [-0.25, -0.2) is 0 Å². The number of halogens is 1. The Balaban J connectivity index is 1.95. The molecule has 82 valence electrons. The van der Waals surface area contributed by atoms with Crippen LogP contribution in [0.1, 0.15) is 31.4 Å². The molecule has 1 fully saturated rings. The Morgan fingerprint density at radius 1 is 1.33 bits per heavy atom. The van der Waals surface area contributed by atoms with Gasteiger partial charge >= 0.3 is 0 Å². The Labute approximate surface area is 101 Å². The van der Waals surface area contributed by atoms with Crippen LogP contribution in [-0.2, 0) is 6.42 Å². The molecule has 0 nitrogen and oxygen atoms in total. The lowest BCUT2D eigenvalue weighted by molar-refractivity contribution is 0.546. The highest BCUT2D eigenvalue weighted by atomic mass is 79.9. The maximum Gasteiger partial charge on any atom is 0.0219 e. The van der Waals surface area contributed by atoms with Gasteiger partial charge in [0, 0.05) is 4.83 Å². The summed E-state index contributed by atoms with van der Waals surface area (Å²) in [6, 6.07) is 8.90. The van der Waals surface area contributed by atoms with Gasteiger partial charge in [-0.3, -0.25) is 0 Å². The van der Waals surface area contributed by atoms with E-state index in [-0.39, 0.29) is 0 Å². The average Bonchev–Trinajstić information content (AvgIpc) is 2.79. The van der Waals surface area contributed by atoms with E-state index in [9.17, 15) is 0 Å². The van der Waals surface area contributed by atoms with Crippen LogP contribution >= 0.6 is 15.9 Å². The molecule has 0 heterocycles. The molecule has 0 amide bonds. The number of benzene rings is 1. The highest BCUT2D eigenvalue weighted by Crippen LogP contribution is 2.55. The van der Waals surface area contributed by atoms with Crippen molar-refractivity contribution >= 4 is 15.9 Å². The van der Waals surface area contributed by atoms with E-state index in [1.54, 1.807) is 0 Å². The molecule has 2 atom stereocenters. The van der Waals surface area contributed by atoms with Crippen LogP contribution in [0.4, 0.5) is 0 Å². The van der Waals surface area contributed by atoms with Crippen molar-refractivity contribution in [2.45, 2.75) is 38.4 Å². The second-order valence-corrected chi connectivity index (χ2v) is 6.68. The van der Waals surface area contributed by atoms with Gasteiger partial charge in [0.05, 0.1) is 0 Å². The first-order chi connectivity index (χ1) is 6.99. The van der Waals surface area contributed by atoms with Gasteiger partial charge in [0.1, 0.15) is 0 Å². The molecular weight excluding hydrogens is 248 g/mol. The number of hydrogen-bond donors (Lipinski definition) is 0. The predicted octanol–water partition coefficient (Wildman–Crippen LogP) is 4.35. The zero-order valence-electron chi connectivity index (χ0n) is 9.76. The fourth-order valence-electron chi connectivity index (χ4n) is 2.22. The fraction of sp³-hybridized carbons (Fsp3) is 0.571. The number of aryl methyl sites for hydroxylation is 1. The first-order valence-electron chi connectivity index (χ1n) is 5.69. The molecule has 0 saturated heterocycles. The molecule has 15 heavy (non-hydrogen) atoms. The molecule has 1 aliphatic carbocycles. The molecule has 2 unspecified atom stereocenters. The summed E-state index contributed by atoms with van der Waals surface area (Å²) >= 11 is 3.84. The van der Waals surface area contributed by atoms with Crippen LogP contribution in [0, 0.1) is 18.3 Å². The van der Waals surface area contributed by atoms with Crippen molar-refractivity contribution in [2.24, 2.45) is 11.3 Å². The quantitative estimate of drug-likeness (QED) is 0.714. The van der Waals surface area contributed by atoms with Crippen LogP contribution < -0.4 is 0 Å². The molecule has 0 aliphatic heterocycles. The minimum absolute atomic E-state index is 0.568. The molecule has 1 heteroatoms. The van der Waals surface area contributed by atoms with Crippen molar-refractivity contribution < 1.29 is 0 Å². The van der Waals surface area contributed by atoms with E-state index in [1.165, 1.54) is 17.5 Å². The maximum absolute atomic E-state index is 3.84. The molecule has 1 aromatic rings. The van der Waals surface area contributed by atoms with Crippen molar-refractivity contribution in [2.75, 3.05) is 0 Å². The Hall–Kier alpha value is -0.300. The minimum Gasteiger partial charge on any atom is -0.0884 e. The predicted molar refractivity (Wildman–Crippen MR) is 69.5 cm³/mol. The zero-order valence-corrected chi connectivity index (χ0v) is 11.3. The normalized spacial score (nSPS) is 24.9. The standard InChI is InChI=1S/C14H19Br/c1-10-4-6-11(7-5-10)8-13(15)12-9-14(12,2)3/h4-7,12-13H,8-9H2,1-3H3. The number of alkyl halides is 1. The Morgan fingerprint density at radius 2 is 1.87 bits per heavy atom. The Bertz CT molecular complexity index is 337. The molecule has 0 radical (unpaired) electrons. The average molecular weight is 267 g/mol. The van der Waals surface area contributed by atoms with E-state index >= 15 is 0 Å². The van der Waals surface area contributed by atoms with Gasteiger partial charge in [-0.2, -0.15) is 0 Å². The first kappa shape index (κ1) is 11.2. The molecule has 1 saturated carbocycles. The van der Waals surface area contributed by atoms with Crippen LogP contribution in [0.25, 0.3) is 0 Å². The summed E-state index contributed by atoms with van der Waals surface area (Å²) in [5, 5.41) is 0. The van der Waals surface area contributed by atoms with Gasteiger partial charge in [-0.1, -0.05) is 59.6 Å².